The second kappa shape index (κ2) is 11.4. The Morgan fingerprint density at radius 2 is 1.82 bits per heavy atom. The van der Waals surface area contributed by atoms with Crippen molar-refractivity contribution in [2.45, 2.75) is 13.0 Å². The number of carbonyl (C=O) groups excluding carboxylic acids is 2. The smallest absolute Gasteiger partial charge is 0.295 e. The van der Waals surface area contributed by atoms with Crippen LogP contribution in [0.4, 0.5) is 0 Å². The quantitative estimate of drug-likeness (QED) is 0.233. The highest BCUT2D eigenvalue weighted by atomic mass is 16.5. The van der Waals surface area contributed by atoms with Crippen molar-refractivity contribution in [3.63, 3.8) is 0 Å². The number of hydrogen-bond acceptors (Lipinski definition) is 7. The number of nitrogens with zero attached hydrogens (tertiary/aromatic N) is 1. The molecule has 1 aliphatic rings. The van der Waals surface area contributed by atoms with Gasteiger partial charge in [0.15, 0.2) is 11.5 Å². The lowest BCUT2D eigenvalue weighted by molar-refractivity contribution is -0.140. The number of ether oxygens (including phenoxy) is 4. The number of benzene rings is 2. The molecule has 1 unspecified atom stereocenters. The predicted octanol–water partition coefficient (Wildman–Crippen LogP) is 3.73. The molecule has 0 saturated carbocycles. The second-order valence-corrected chi connectivity index (χ2v) is 7.45. The van der Waals surface area contributed by atoms with Crippen LogP contribution in [0.5, 0.6) is 17.2 Å². The van der Waals surface area contributed by atoms with E-state index in [0.29, 0.717) is 41.6 Å². The van der Waals surface area contributed by atoms with Crippen LogP contribution in [0.3, 0.4) is 0 Å². The maximum Gasteiger partial charge on any atom is 0.295 e. The average Bonchev–Trinajstić information content (AvgIpc) is 3.11. The van der Waals surface area contributed by atoms with E-state index < -0.39 is 17.7 Å². The zero-order valence-electron chi connectivity index (χ0n) is 19.6. The van der Waals surface area contributed by atoms with Gasteiger partial charge in [-0.15, -0.1) is 0 Å². The van der Waals surface area contributed by atoms with E-state index >= 15 is 0 Å². The summed E-state index contributed by atoms with van der Waals surface area (Å²) in [5.41, 5.74) is 0.980. The maximum atomic E-state index is 13.1. The highest BCUT2D eigenvalue weighted by molar-refractivity contribution is 6.46. The topological polar surface area (TPSA) is 94.5 Å². The average molecular weight is 468 g/mol. The Morgan fingerprint density at radius 3 is 2.44 bits per heavy atom. The monoisotopic (exact) mass is 467 g/mol. The van der Waals surface area contributed by atoms with E-state index in [-0.39, 0.29) is 24.5 Å². The molecule has 2 aromatic rings. The number of hydrogen-bond donors (Lipinski definition) is 1. The first-order valence-corrected chi connectivity index (χ1v) is 10.9. The molecule has 1 aliphatic heterocycles. The van der Waals surface area contributed by atoms with E-state index in [1.165, 1.54) is 19.1 Å². The van der Waals surface area contributed by atoms with Gasteiger partial charge < -0.3 is 29.0 Å². The summed E-state index contributed by atoms with van der Waals surface area (Å²) in [4.78, 5) is 27.4. The van der Waals surface area contributed by atoms with Crippen LogP contribution in [-0.4, -0.2) is 62.3 Å². The number of ketones is 1. The van der Waals surface area contributed by atoms with E-state index in [1.54, 1.807) is 48.5 Å². The first-order chi connectivity index (χ1) is 16.5. The van der Waals surface area contributed by atoms with Crippen LogP contribution in [0, 0.1) is 0 Å². The molecule has 0 spiro atoms. The SMILES string of the molecule is C=CCOc1ccc(C(O)=C2C(=O)C(=O)N(CCOC)C2c2ccc(OCC)c(OC)c2)cc1. The van der Waals surface area contributed by atoms with Gasteiger partial charge in [0.05, 0.1) is 31.9 Å². The van der Waals surface area contributed by atoms with Crippen molar-refractivity contribution in [3.05, 3.63) is 71.8 Å². The number of Topliss-reactive ketones (excluding diaryl/α,β-unsaturated/α-hetero) is 1. The van der Waals surface area contributed by atoms with E-state index in [9.17, 15) is 14.7 Å². The summed E-state index contributed by atoms with van der Waals surface area (Å²) in [6.07, 6.45) is 1.63. The van der Waals surface area contributed by atoms with Crippen molar-refractivity contribution in [3.8, 4) is 17.2 Å². The summed E-state index contributed by atoms with van der Waals surface area (Å²) < 4.78 is 21.7. The van der Waals surface area contributed by atoms with Gasteiger partial charge in [0.2, 0.25) is 0 Å². The number of carbonyl (C=O) groups is 2. The molecule has 180 valence electrons. The molecule has 0 aliphatic carbocycles. The lowest BCUT2D eigenvalue weighted by atomic mass is 9.95. The molecule has 1 amide bonds. The molecule has 0 radical (unpaired) electrons. The highest BCUT2D eigenvalue weighted by Crippen LogP contribution is 2.42. The first kappa shape index (κ1) is 24.9. The zero-order valence-corrected chi connectivity index (χ0v) is 19.6. The van der Waals surface area contributed by atoms with E-state index in [1.807, 2.05) is 6.92 Å². The number of aliphatic hydroxyl groups excluding tert-OH is 1. The van der Waals surface area contributed by atoms with Crippen LogP contribution in [-0.2, 0) is 14.3 Å². The van der Waals surface area contributed by atoms with Gasteiger partial charge in [0.25, 0.3) is 11.7 Å². The van der Waals surface area contributed by atoms with Gasteiger partial charge in [-0.3, -0.25) is 9.59 Å². The van der Waals surface area contributed by atoms with Gasteiger partial charge in [-0.2, -0.15) is 0 Å². The van der Waals surface area contributed by atoms with Gasteiger partial charge in [0.1, 0.15) is 18.1 Å². The van der Waals surface area contributed by atoms with Crippen molar-refractivity contribution < 1.29 is 33.6 Å². The Kier molecular flexibility index (Phi) is 8.32. The molecule has 0 bridgehead atoms. The molecule has 1 heterocycles. The fourth-order valence-electron chi connectivity index (χ4n) is 3.80. The van der Waals surface area contributed by atoms with Crippen LogP contribution >= 0.6 is 0 Å². The molecule has 1 atom stereocenters. The van der Waals surface area contributed by atoms with Crippen molar-refractivity contribution in [1.82, 2.24) is 4.90 Å². The molecule has 8 heteroatoms. The standard InChI is InChI=1S/C26H29NO7/c1-5-14-34-19-10-7-17(8-11-19)24(28)22-23(27(13-15-31-3)26(30)25(22)29)18-9-12-20(33-6-2)21(16-18)32-4/h5,7-12,16,23,28H,1,6,13-15H2,2-4H3. The van der Waals surface area contributed by atoms with Crippen molar-refractivity contribution >= 4 is 17.4 Å². The lowest BCUT2D eigenvalue weighted by Gasteiger charge is -2.25. The number of aliphatic hydroxyl groups is 1. The Morgan fingerprint density at radius 1 is 1.09 bits per heavy atom. The van der Waals surface area contributed by atoms with Crippen LogP contribution in [0.25, 0.3) is 5.76 Å². The third kappa shape index (κ3) is 5.07. The summed E-state index contributed by atoms with van der Waals surface area (Å²) in [6.45, 7) is 6.67. The van der Waals surface area contributed by atoms with Crippen LogP contribution in [0.2, 0.25) is 0 Å². The molecule has 1 saturated heterocycles. The number of likely N-dealkylation sites (tertiary alicyclic amines) is 1. The Hall–Kier alpha value is -3.78. The molecule has 2 aromatic carbocycles. The minimum atomic E-state index is -0.823. The summed E-state index contributed by atoms with van der Waals surface area (Å²) in [5, 5.41) is 11.2. The predicted molar refractivity (Wildman–Crippen MR) is 127 cm³/mol. The summed E-state index contributed by atoms with van der Waals surface area (Å²) >= 11 is 0. The van der Waals surface area contributed by atoms with Crippen molar-refractivity contribution in [2.24, 2.45) is 0 Å². The molecule has 8 nitrogen and oxygen atoms in total. The van der Waals surface area contributed by atoms with Gasteiger partial charge in [-0.25, -0.2) is 0 Å². The van der Waals surface area contributed by atoms with E-state index in [4.69, 9.17) is 18.9 Å². The van der Waals surface area contributed by atoms with Crippen LogP contribution in [0.1, 0.15) is 24.1 Å². The highest BCUT2D eigenvalue weighted by Gasteiger charge is 2.46. The molecular formula is C26H29NO7. The van der Waals surface area contributed by atoms with Crippen molar-refractivity contribution in [1.29, 1.82) is 0 Å². The summed E-state index contributed by atoms with van der Waals surface area (Å²) in [7, 11) is 3.03. The minimum Gasteiger partial charge on any atom is -0.507 e. The third-order valence-electron chi connectivity index (χ3n) is 5.38. The Labute approximate surface area is 199 Å². The Bertz CT molecular complexity index is 1080. The van der Waals surface area contributed by atoms with Crippen LogP contribution in [0.15, 0.2) is 60.7 Å². The molecule has 3 rings (SSSR count). The molecule has 0 aromatic heterocycles. The largest absolute Gasteiger partial charge is 0.507 e. The fourth-order valence-corrected chi connectivity index (χ4v) is 3.80. The maximum absolute atomic E-state index is 13.1. The molecule has 1 N–H and O–H groups in total. The molecular weight excluding hydrogens is 438 g/mol. The minimum absolute atomic E-state index is 0.00734. The summed E-state index contributed by atoms with van der Waals surface area (Å²) in [6, 6.07) is 11.0. The van der Waals surface area contributed by atoms with Crippen molar-refractivity contribution in [2.75, 3.05) is 40.6 Å². The van der Waals surface area contributed by atoms with Gasteiger partial charge in [0, 0.05) is 19.2 Å². The fraction of sp³-hybridized carbons (Fsp3) is 0.308. The zero-order chi connectivity index (χ0) is 24.7. The normalized spacial score (nSPS) is 17.0. The number of rotatable bonds is 11. The lowest BCUT2D eigenvalue weighted by Crippen LogP contribution is -2.32. The number of methoxy groups -OCH3 is 2. The Balaban J connectivity index is 2.10. The van der Waals surface area contributed by atoms with E-state index in [2.05, 4.69) is 6.58 Å². The second-order valence-electron chi connectivity index (χ2n) is 7.45. The molecule has 1 fully saturated rings. The number of amides is 1. The third-order valence-corrected chi connectivity index (χ3v) is 5.38. The van der Waals surface area contributed by atoms with Gasteiger partial charge in [-0.1, -0.05) is 18.7 Å². The van der Waals surface area contributed by atoms with E-state index in [0.717, 1.165) is 0 Å². The summed E-state index contributed by atoms with van der Waals surface area (Å²) in [5.74, 6) is -0.157. The molecule has 34 heavy (non-hydrogen) atoms. The van der Waals surface area contributed by atoms with Gasteiger partial charge in [-0.05, 0) is 48.9 Å². The van der Waals surface area contributed by atoms with Gasteiger partial charge >= 0.3 is 0 Å². The van der Waals surface area contributed by atoms with Crippen LogP contribution < -0.4 is 14.2 Å². The first-order valence-electron chi connectivity index (χ1n) is 10.9.